The van der Waals surface area contributed by atoms with E-state index in [2.05, 4.69) is 9.97 Å². The highest BCUT2D eigenvalue weighted by Crippen LogP contribution is 2.34. The quantitative estimate of drug-likeness (QED) is 0.593. The first kappa shape index (κ1) is 20.2. The molecule has 0 aliphatic heterocycles. The van der Waals surface area contributed by atoms with E-state index < -0.39 is 18.5 Å². The Bertz CT molecular complexity index is 737. The van der Waals surface area contributed by atoms with Crippen LogP contribution in [0.4, 0.5) is 13.2 Å². The van der Waals surface area contributed by atoms with Crippen molar-refractivity contribution in [3.8, 4) is 17.0 Å². The molecule has 2 aromatic rings. The fourth-order valence-corrected chi connectivity index (χ4v) is 3.00. The monoisotopic (exact) mass is 366 g/mol. The molecule has 0 radical (unpaired) electrons. The van der Waals surface area contributed by atoms with Crippen LogP contribution in [0.5, 0.6) is 5.75 Å². The van der Waals surface area contributed by atoms with Crippen LogP contribution >= 0.6 is 0 Å². The molecule has 6 heteroatoms. The summed E-state index contributed by atoms with van der Waals surface area (Å²) in [6.45, 7) is 7.02. The average Bonchev–Trinajstić information content (AvgIpc) is 2.59. The van der Waals surface area contributed by atoms with Crippen molar-refractivity contribution in [2.45, 2.75) is 40.5 Å². The van der Waals surface area contributed by atoms with Gasteiger partial charge in [-0.3, -0.25) is 14.4 Å². The first-order valence-corrected chi connectivity index (χ1v) is 8.64. The molecule has 0 aromatic carbocycles. The molecule has 0 amide bonds. The zero-order valence-electron chi connectivity index (χ0n) is 15.6. The van der Waals surface area contributed by atoms with Crippen LogP contribution in [-0.4, -0.2) is 23.2 Å². The van der Waals surface area contributed by atoms with E-state index in [1.807, 2.05) is 20.8 Å². The molecule has 0 spiro atoms. The summed E-state index contributed by atoms with van der Waals surface area (Å²) in [5.74, 6) is 0.280. The molecule has 2 rings (SSSR count). The Morgan fingerprint density at radius 2 is 1.92 bits per heavy atom. The largest absolute Gasteiger partial charge is 0.491 e. The summed E-state index contributed by atoms with van der Waals surface area (Å²) >= 11 is 0. The summed E-state index contributed by atoms with van der Waals surface area (Å²) in [7, 11) is 0. The molecule has 2 aromatic heterocycles. The Labute approximate surface area is 152 Å². The number of nitrogens with zero attached hydrogens (tertiary/aromatic N) is 2. The smallest absolute Gasteiger partial charge is 0.267 e. The second-order valence-corrected chi connectivity index (χ2v) is 7.42. The van der Waals surface area contributed by atoms with Crippen LogP contribution in [0.3, 0.4) is 0 Å². The number of aryl methyl sites for hydroxylation is 1. The third-order valence-electron chi connectivity index (χ3n) is 4.12. The van der Waals surface area contributed by atoms with E-state index in [1.165, 1.54) is 12.3 Å². The van der Waals surface area contributed by atoms with E-state index in [-0.39, 0.29) is 23.8 Å². The molecule has 0 saturated heterocycles. The molecule has 0 N–H and O–H groups in total. The maximum atomic E-state index is 13.5. The lowest BCUT2D eigenvalue weighted by atomic mass is 9.84. The zero-order chi connectivity index (χ0) is 19.3. The number of hydrogen-bond donors (Lipinski definition) is 0. The third kappa shape index (κ3) is 5.19. The Balaban J connectivity index is 2.26. The Morgan fingerprint density at radius 1 is 1.19 bits per heavy atom. The van der Waals surface area contributed by atoms with Crippen LogP contribution < -0.4 is 4.74 Å². The summed E-state index contributed by atoms with van der Waals surface area (Å²) in [6, 6.07) is 4.82. The lowest BCUT2D eigenvalue weighted by Crippen LogP contribution is -2.29. The number of ether oxygens (including phenoxy) is 1. The molecular weight excluding hydrogens is 341 g/mol. The van der Waals surface area contributed by atoms with E-state index in [0.29, 0.717) is 17.7 Å². The number of halogens is 3. The van der Waals surface area contributed by atoms with Gasteiger partial charge in [0, 0.05) is 22.9 Å². The van der Waals surface area contributed by atoms with Crippen molar-refractivity contribution in [3.05, 3.63) is 41.9 Å². The summed E-state index contributed by atoms with van der Waals surface area (Å²) in [5.41, 5.74) is 0.952. The van der Waals surface area contributed by atoms with Gasteiger partial charge in [0.2, 0.25) is 0 Å². The predicted octanol–water partition coefficient (Wildman–Crippen LogP) is 5.79. The van der Waals surface area contributed by atoms with Gasteiger partial charge >= 0.3 is 0 Å². The third-order valence-corrected chi connectivity index (χ3v) is 4.12. The van der Waals surface area contributed by atoms with Crippen LogP contribution in [0.15, 0.2) is 30.6 Å². The maximum Gasteiger partial charge on any atom is 0.267 e. The lowest BCUT2D eigenvalue weighted by Gasteiger charge is -2.28. The standard InChI is InChI=1S/C20H25F3N2O/c1-13(2)9-20(4,11-21)12-26-18-10-25-17(8-16(18)19(22)23)15-5-6-24-14(3)7-15/h5-8,10,13,19H,9,11-12H2,1-4H3. The molecule has 0 bridgehead atoms. The van der Waals surface area contributed by atoms with Crippen LogP contribution in [0.1, 0.15) is 44.9 Å². The summed E-state index contributed by atoms with van der Waals surface area (Å²) in [5, 5.41) is 0. The minimum atomic E-state index is -2.71. The molecule has 0 aliphatic rings. The van der Waals surface area contributed by atoms with Crippen molar-refractivity contribution in [1.82, 2.24) is 9.97 Å². The minimum Gasteiger partial charge on any atom is -0.491 e. The topological polar surface area (TPSA) is 35.0 Å². The van der Waals surface area contributed by atoms with E-state index >= 15 is 0 Å². The Kier molecular flexibility index (Phi) is 6.62. The molecule has 3 nitrogen and oxygen atoms in total. The van der Waals surface area contributed by atoms with Gasteiger partial charge in [0.25, 0.3) is 6.43 Å². The molecular formula is C20H25F3N2O. The van der Waals surface area contributed by atoms with Crippen molar-refractivity contribution < 1.29 is 17.9 Å². The van der Waals surface area contributed by atoms with E-state index in [1.54, 1.807) is 25.3 Å². The lowest BCUT2D eigenvalue weighted by molar-refractivity contribution is 0.0957. The molecule has 1 unspecified atom stereocenters. The van der Waals surface area contributed by atoms with Gasteiger partial charge in [-0.2, -0.15) is 0 Å². The van der Waals surface area contributed by atoms with Crippen molar-refractivity contribution in [1.29, 1.82) is 0 Å². The number of alkyl halides is 3. The van der Waals surface area contributed by atoms with Gasteiger partial charge in [0.15, 0.2) is 0 Å². The summed E-state index contributed by atoms with van der Waals surface area (Å²) in [4.78, 5) is 8.33. The minimum absolute atomic E-state index is 0.00189. The Morgan fingerprint density at radius 3 is 2.50 bits per heavy atom. The molecule has 0 fully saturated rings. The maximum absolute atomic E-state index is 13.5. The van der Waals surface area contributed by atoms with Gasteiger partial charge in [-0.1, -0.05) is 20.8 Å². The van der Waals surface area contributed by atoms with Gasteiger partial charge in [-0.25, -0.2) is 8.78 Å². The van der Waals surface area contributed by atoms with Gasteiger partial charge in [-0.15, -0.1) is 0 Å². The molecule has 0 aliphatic carbocycles. The van der Waals surface area contributed by atoms with Crippen LogP contribution in [-0.2, 0) is 0 Å². The van der Waals surface area contributed by atoms with E-state index in [9.17, 15) is 13.2 Å². The van der Waals surface area contributed by atoms with E-state index in [0.717, 1.165) is 5.69 Å². The predicted molar refractivity (Wildman–Crippen MR) is 96.2 cm³/mol. The summed E-state index contributed by atoms with van der Waals surface area (Å²) < 4.78 is 46.1. The summed E-state index contributed by atoms with van der Waals surface area (Å²) in [6.07, 6.45) is 0.796. The number of rotatable bonds is 8. The second-order valence-electron chi connectivity index (χ2n) is 7.42. The fraction of sp³-hybridized carbons (Fsp3) is 0.500. The SMILES string of the molecule is Cc1cc(-c2cc(C(F)F)c(OCC(C)(CF)CC(C)C)cn2)ccn1. The number of pyridine rings is 2. The van der Waals surface area contributed by atoms with Crippen molar-refractivity contribution in [2.75, 3.05) is 13.3 Å². The Hall–Kier alpha value is -2.11. The van der Waals surface area contributed by atoms with Gasteiger partial charge in [0.1, 0.15) is 5.75 Å². The average molecular weight is 366 g/mol. The normalized spacial score (nSPS) is 13.9. The molecule has 0 saturated carbocycles. The van der Waals surface area contributed by atoms with Crippen molar-refractivity contribution >= 4 is 0 Å². The van der Waals surface area contributed by atoms with E-state index in [4.69, 9.17) is 4.74 Å². The van der Waals surface area contributed by atoms with Gasteiger partial charge in [0.05, 0.1) is 30.7 Å². The molecule has 26 heavy (non-hydrogen) atoms. The molecule has 2 heterocycles. The first-order chi connectivity index (χ1) is 12.2. The van der Waals surface area contributed by atoms with Crippen molar-refractivity contribution in [3.63, 3.8) is 0 Å². The van der Waals surface area contributed by atoms with Crippen LogP contribution in [0, 0.1) is 18.3 Å². The number of hydrogen-bond acceptors (Lipinski definition) is 3. The zero-order valence-corrected chi connectivity index (χ0v) is 15.6. The first-order valence-electron chi connectivity index (χ1n) is 8.64. The molecule has 1 atom stereocenters. The van der Waals surface area contributed by atoms with Gasteiger partial charge < -0.3 is 4.74 Å². The van der Waals surface area contributed by atoms with Crippen LogP contribution in [0.2, 0.25) is 0 Å². The fourth-order valence-electron chi connectivity index (χ4n) is 3.00. The highest BCUT2D eigenvalue weighted by Gasteiger charge is 2.28. The highest BCUT2D eigenvalue weighted by atomic mass is 19.3. The second kappa shape index (κ2) is 8.52. The molecule has 142 valence electrons. The van der Waals surface area contributed by atoms with Gasteiger partial charge in [-0.05, 0) is 37.5 Å². The van der Waals surface area contributed by atoms with Crippen molar-refractivity contribution in [2.24, 2.45) is 11.3 Å². The highest BCUT2D eigenvalue weighted by molar-refractivity contribution is 5.61. The number of aromatic nitrogens is 2. The van der Waals surface area contributed by atoms with Crippen LogP contribution in [0.25, 0.3) is 11.3 Å².